The molecule has 1 aromatic rings. The van der Waals surface area contributed by atoms with Gasteiger partial charge < -0.3 is 5.73 Å². The van der Waals surface area contributed by atoms with Crippen molar-refractivity contribution in [2.75, 3.05) is 0 Å². The minimum absolute atomic E-state index is 0.239. The van der Waals surface area contributed by atoms with E-state index in [4.69, 9.17) is 5.73 Å². The summed E-state index contributed by atoms with van der Waals surface area (Å²) in [6, 6.07) is 4.50. The maximum absolute atomic E-state index is 6.52. The molecular weight excluding hydrogens is 232 g/mol. The number of nitrogens with two attached hydrogens (primary N) is 1. The molecule has 1 aliphatic carbocycles. The molecule has 0 radical (unpaired) electrons. The fourth-order valence-corrected chi connectivity index (χ4v) is 2.99. The van der Waals surface area contributed by atoms with Crippen LogP contribution in [0.3, 0.4) is 0 Å². The Bertz CT molecular complexity index is 420. The first-order valence-electron chi connectivity index (χ1n) is 7.59. The third-order valence-corrected chi connectivity index (χ3v) is 4.86. The highest BCUT2D eigenvalue weighted by molar-refractivity contribution is 5.27. The first-order chi connectivity index (χ1) is 8.89. The molecule has 1 aromatic heterocycles. The van der Waals surface area contributed by atoms with Crippen molar-refractivity contribution in [3.63, 3.8) is 0 Å². The van der Waals surface area contributed by atoms with E-state index in [1.54, 1.807) is 0 Å². The Hall–Kier alpha value is -0.890. The Kier molecular flexibility index (Phi) is 4.29. The number of hydrogen-bond acceptors (Lipinski definition) is 2. The lowest BCUT2D eigenvalue weighted by Crippen LogP contribution is -2.35. The van der Waals surface area contributed by atoms with Crippen LogP contribution in [0.2, 0.25) is 0 Å². The number of fused-ring (bicyclic) bond motifs is 1. The molecule has 1 aliphatic rings. The Morgan fingerprint density at radius 3 is 2.84 bits per heavy atom. The predicted molar refractivity (Wildman–Crippen MR) is 81.1 cm³/mol. The zero-order chi connectivity index (χ0) is 14.0. The van der Waals surface area contributed by atoms with Gasteiger partial charge in [0.15, 0.2) is 0 Å². The Balaban J connectivity index is 2.11. The molecule has 0 amide bonds. The standard InChI is InChI=1S/C17H28N2/c1-12(17(2,3)4)11-15(18)14-9-5-7-13-8-6-10-19-16(13)14/h6,8,10,12,14-15H,5,7,9,11,18H2,1-4H3. The number of rotatable bonds is 3. The lowest BCUT2D eigenvalue weighted by Gasteiger charge is -2.34. The van der Waals surface area contributed by atoms with E-state index in [2.05, 4.69) is 38.7 Å². The minimum atomic E-state index is 0.239. The van der Waals surface area contributed by atoms with Gasteiger partial charge in [-0.2, -0.15) is 0 Å². The van der Waals surface area contributed by atoms with Crippen LogP contribution in [0.15, 0.2) is 18.3 Å². The molecule has 2 nitrogen and oxygen atoms in total. The van der Waals surface area contributed by atoms with Crippen LogP contribution >= 0.6 is 0 Å². The maximum Gasteiger partial charge on any atom is 0.0481 e. The maximum atomic E-state index is 6.52. The molecule has 19 heavy (non-hydrogen) atoms. The SMILES string of the molecule is CC(CC(N)C1CCCc2cccnc21)C(C)(C)C. The van der Waals surface area contributed by atoms with Gasteiger partial charge in [0.25, 0.3) is 0 Å². The summed E-state index contributed by atoms with van der Waals surface area (Å²) in [5.74, 6) is 1.09. The van der Waals surface area contributed by atoms with E-state index < -0.39 is 0 Å². The largest absolute Gasteiger partial charge is 0.327 e. The van der Waals surface area contributed by atoms with Gasteiger partial charge in [-0.3, -0.25) is 4.98 Å². The van der Waals surface area contributed by atoms with Gasteiger partial charge in [-0.25, -0.2) is 0 Å². The molecule has 0 aromatic carbocycles. The fourth-order valence-electron chi connectivity index (χ4n) is 2.99. The van der Waals surface area contributed by atoms with Crippen molar-refractivity contribution < 1.29 is 0 Å². The van der Waals surface area contributed by atoms with Crippen LogP contribution in [0.4, 0.5) is 0 Å². The van der Waals surface area contributed by atoms with Crippen molar-refractivity contribution >= 4 is 0 Å². The molecule has 3 unspecified atom stereocenters. The van der Waals surface area contributed by atoms with E-state index in [0.29, 0.717) is 17.3 Å². The monoisotopic (exact) mass is 260 g/mol. The number of pyridine rings is 1. The van der Waals surface area contributed by atoms with Gasteiger partial charge in [0, 0.05) is 23.9 Å². The third kappa shape index (κ3) is 3.36. The molecule has 106 valence electrons. The number of hydrogen-bond donors (Lipinski definition) is 1. The number of aryl methyl sites for hydroxylation is 1. The van der Waals surface area contributed by atoms with Crippen LogP contribution in [0.1, 0.15) is 64.1 Å². The molecular formula is C17H28N2. The topological polar surface area (TPSA) is 38.9 Å². The average molecular weight is 260 g/mol. The van der Waals surface area contributed by atoms with Crippen molar-refractivity contribution in [1.82, 2.24) is 4.98 Å². The molecule has 0 saturated carbocycles. The van der Waals surface area contributed by atoms with Gasteiger partial charge in [0.1, 0.15) is 0 Å². The normalized spacial score (nSPS) is 22.7. The molecule has 0 saturated heterocycles. The van der Waals surface area contributed by atoms with Gasteiger partial charge in [-0.15, -0.1) is 0 Å². The van der Waals surface area contributed by atoms with Crippen LogP contribution in [-0.4, -0.2) is 11.0 Å². The molecule has 0 bridgehead atoms. The quantitative estimate of drug-likeness (QED) is 0.895. The second kappa shape index (κ2) is 5.62. The zero-order valence-electron chi connectivity index (χ0n) is 12.8. The Labute approximate surface area is 117 Å². The highest BCUT2D eigenvalue weighted by Crippen LogP contribution is 2.36. The van der Waals surface area contributed by atoms with Crippen LogP contribution in [0.5, 0.6) is 0 Å². The van der Waals surface area contributed by atoms with Crippen molar-refractivity contribution in [1.29, 1.82) is 0 Å². The van der Waals surface area contributed by atoms with Crippen LogP contribution in [-0.2, 0) is 6.42 Å². The molecule has 0 spiro atoms. The van der Waals surface area contributed by atoms with Gasteiger partial charge in [0.2, 0.25) is 0 Å². The second-order valence-electron chi connectivity index (χ2n) is 7.21. The van der Waals surface area contributed by atoms with Gasteiger partial charge >= 0.3 is 0 Å². The highest BCUT2D eigenvalue weighted by atomic mass is 14.7. The summed E-state index contributed by atoms with van der Waals surface area (Å²) in [5.41, 5.74) is 9.53. The summed E-state index contributed by atoms with van der Waals surface area (Å²) in [6.07, 6.45) is 6.62. The highest BCUT2D eigenvalue weighted by Gasteiger charge is 2.30. The smallest absolute Gasteiger partial charge is 0.0481 e. The van der Waals surface area contributed by atoms with E-state index >= 15 is 0 Å². The van der Waals surface area contributed by atoms with Crippen LogP contribution < -0.4 is 5.73 Å². The predicted octanol–water partition coefficient (Wildman–Crippen LogP) is 3.90. The molecule has 2 heteroatoms. The van der Waals surface area contributed by atoms with E-state index in [1.807, 2.05) is 12.3 Å². The molecule has 1 heterocycles. The van der Waals surface area contributed by atoms with Crippen molar-refractivity contribution in [3.8, 4) is 0 Å². The summed E-state index contributed by atoms with van der Waals surface area (Å²) in [7, 11) is 0. The third-order valence-electron chi connectivity index (χ3n) is 4.86. The molecule has 2 rings (SSSR count). The summed E-state index contributed by atoms with van der Waals surface area (Å²) in [6.45, 7) is 9.23. The van der Waals surface area contributed by atoms with Crippen molar-refractivity contribution in [2.24, 2.45) is 17.1 Å². The van der Waals surface area contributed by atoms with Crippen molar-refractivity contribution in [2.45, 2.75) is 65.3 Å². The zero-order valence-corrected chi connectivity index (χ0v) is 12.8. The molecule has 0 fully saturated rings. The second-order valence-corrected chi connectivity index (χ2v) is 7.21. The lowest BCUT2D eigenvalue weighted by molar-refractivity contribution is 0.221. The summed E-state index contributed by atoms with van der Waals surface area (Å²) in [4.78, 5) is 4.61. The fraction of sp³-hybridized carbons (Fsp3) is 0.706. The van der Waals surface area contributed by atoms with Crippen LogP contribution in [0.25, 0.3) is 0 Å². The molecule has 2 N–H and O–H groups in total. The first-order valence-corrected chi connectivity index (χ1v) is 7.59. The van der Waals surface area contributed by atoms with Gasteiger partial charge in [0.05, 0.1) is 0 Å². The van der Waals surface area contributed by atoms with Gasteiger partial charge in [-0.1, -0.05) is 33.8 Å². The first kappa shape index (κ1) is 14.5. The van der Waals surface area contributed by atoms with Crippen molar-refractivity contribution in [3.05, 3.63) is 29.6 Å². The van der Waals surface area contributed by atoms with Crippen LogP contribution in [0, 0.1) is 11.3 Å². The minimum Gasteiger partial charge on any atom is -0.327 e. The summed E-state index contributed by atoms with van der Waals surface area (Å²) < 4.78 is 0. The van der Waals surface area contributed by atoms with E-state index in [0.717, 1.165) is 6.42 Å². The number of nitrogens with zero attached hydrogens (tertiary/aromatic N) is 1. The summed E-state index contributed by atoms with van der Waals surface area (Å²) >= 11 is 0. The molecule has 0 aliphatic heterocycles. The Morgan fingerprint density at radius 2 is 2.16 bits per heavy atom. The summed E-state index contributed by atoms with van der Waals surface area (Å²) in [5, 5.41) is 0. The molecule has 3 atom stereocenters. The Morgan fingerprint density at radius 1 is 1.42 bits per heavy atom. The average Bonchev–Trinajstić information content (AvgIpc) is 2.36. The van der Waals surface area contributed by atoms with E-state index in [-0.39, 0.29) is 6.04 Å². The number of aromatic nitrogens is 1. The van der Waals surface area contributed by atoms with E-state index in [9.17, 15) is 0 Å². The lowest BCUT2D eigenvalue weighted by atomic mass is 9.74. The van der Waals surface area contributed by atoms with E-state index in [1.165, 1.54) is 30.5 Å². The van der Waals surface area contributed by atoms with Gasteiger partial charge in [-0.05, 0) is 48.6 Å².